The van der Waals surface area contributed by atoms with Crippen LogP contribution in [0.5, 0.6) is 5.88 Å². The van der Waals surface area contributed by atoms with Crippen molar-refractivity contribution < 1.29 is 4.74 Å². The van der Waals surface area contributed by atoms with E-state index in [4.69, 9.17) is 16.3 Å². The van der Waals surface area contributed by atoms with Gasteiger partial charge in [0.2, 0.25) is 11.2 Å². The minimum Gasteiger partial charge on any atom is -0.472 e. The van der Waals surface area contributed by atoms with Gasteiger partial charge in [0.1, 0.15) is 6.61 Å². The maximum atomic E-state index is 5.72. The summed E-state index contributed by atoms with van der Waals surface area (Å²) < 4.78 is 6.63. The lowest BCUT2D eigenvalue weighted by atomic mass is 10.2. The molecule has 0 fully saturated rings. The van der Waals surface area contributed by atoms with Gasteiger partial charge in [0.15, 0.2) is 0 Å². The van der Waals surface area contributed by atoms with Gasteiger partial charge in [0, 0.05) is 21.8 Å². The Morgan fingerprint density at radius 2 is 2.12 bits per heavy atom. The molecule has 0 atom stereocenters. The van der Waals surface area contributed by atoms with Gasteiger partial charge in [-0.25, -0.2) is 4.98 Å². The molecule has 0 saturated carbocycles. The molecule has 0 aliphatic rings. The van der Waals surface area contributed by atoms with Gasteiger partial charge in [-0.2, -0.15) is 4.98 Å². The first kappa shape index (κ1) is 12.3. The van der Waals surface area contributed by atoms with Crippen LogP contribution in [0.2, 0.25) is 5.28 Å². The van der Waals surface area contributed by atoms with Crippen molar-refractivity contribution in [2.45, 2.75) is 13.5 Å². The average molecular weight is 314 g/mol. The van der Waals surface area contributed by atoms with Crippen molar-refractivity contribution in [3.63, 3.8) is 0 Å². The lowest BCUT2D eigenvalue weighted by molar-refractivity contribution is 0.290. The van der Waals surface area contributed by atoms with Gasteiger partial charge >= 0.3 is 0 Å². The summed E-state index contributed by atoms with van der Waals surface area (Å²) in [4.78, 5) is 7.91. The number of benzene rings is 1. The predicted molar refractivity (Wildman–Crippen MR) is 70.3 cm³/mol. The van der Waals surface area contributed by atoms with Gasteiger partial charge in [-0.3, -0.25) is 0 Å². The summed E-state index contributed by atoms with van der Waals surface area (Å²) in [5.74, 6) is 0.515. The van der Waals surface area contributed by atoms with Crippen molar-refractivity contribution in [2.24, 2.45) is 0 Å². The molecule has 3 nitrogen and oxygen atoms in total. The maximum absolute atomic E-state index is 5.72. The molecule has 0 amide bonds. The Hall–Kier alpha value is -1.13. The molecule has 88 valence electrons. The van der Waals surface area contributed by atoms with Crippen LogP contribution in [0.1, 0.15) is 11.1 Å². The van der Waals surface area contributed by atoms with Gasteiger partial charge in [-0.1, -0.05) is 34.1 Å². The smallest absolute Gasteiger partial charge is 0.225 e. The third kappa shape index (κ3) is 3.17. The summed E-state index contributed by atoms with van der Waals surface area (Å²) in [6, 6.07) is 7.88. The average Bonchev–Trinajstić information content (AvgIpc) is 2.32. The highest BCUT2D eigenvalue weighted by Crippen LogP contribution is 2.20. The number of aromatic nitrogens is 2. The first-order chi connectivity index (χ1) is 8.16. The number of ether oxygens (including phenoxy) is 1. The molecule has 0 bridgehead atoms. The van der Waals surface area contributed by atoms with Crippen LogP contribution >= 0.6 is 27.5 Å². The number of halogens is 2. The normalized spacial score (nSPS) is 10.3. The fourth-order valence-corrected chi connectivity index (χ4v) is 1.84. The number of hydrogen-bond acceptors (Lipinski definition) is 3. The molecule has 5 heteroatoms. The predicted octanol–water partition coefficient (Wildman–Crippen LogP) is 3.78. The minimum atomic E-state index is 0.192. The molecule has 0 N–H and O–H groups in total. The number of aryl methyl sites for hydroxylation is 1. The van der Waals surface area contributed by atoms with Crippen LogP contribution in [0.25, 0.3) is 0 Å². The fourth-order valence-electron chi connectivity index (χ4n) is 1.31. The molecule has 1 aromatic carbocycles. The molecular weight excluding hydrogens is 304 g/mol. The summed E-state index contributed by atoms with van der Waals surface area (Å²) in [6.45, 7) is 2.32. The molecule has 0 radical (unpaired) electrons. The Morgan fingerprint density at radius 1 is 1.35 bits per heavy atom. The molecule has 0 aliphatic heterocycles. The van der Waals surface area contributed by atoms with E-state index in [0.717, 1.165) is 15.6 Å². The molecule has 2 rings (SSSR count). The van der Waals surface area contributed by atoms with E-state index >= 15 is 0 Å². The van der Waals surface area contributed by atoms with Crippen LogP contribution in [0.4, 0.5) is 0 Å². The van der Waals surface area contributed by atoms with Crippen molar-refractivity contribution in [2.75, 3.05) is 0 Å². The first-order valence-corrected chi connectivity index (χ1v) is 6.19. The monoisotopic (exact) mass is 312 g/mol. The highest BCUT2D eigenvalue weighted by atomic mass is 79.9. The molecular formula is C12H10BrClN2O. The molecule has 0 saturated heterocycles. The van der Waals surface area contributed by atoms with E-state index in [1.165, 1.54) is 0 Å². The molecule has 1 aromatic heterocycles. The quantitative estimate of drug-likeness (QED) is 0.809. The second-order valence-electron chi connectivity index (χ2n) is 3.51. The van der Waals surface area contributed by atoms with Crippen LogP contribution in [0.3, 0.4) is 0 Å². The van der Waals surface area contributed by atoms with Crippen LogP contribution in [-0.2, 0) is 6.61 Å². The molecule has 0 unspecified atom stereocenters. The number of hydrogen-bond donors (Lipinski definition) is 0. The summed E-state index contributed by atoms with van der Waals surface area (Å²) >= 11 is 9.18. The van der Waals surface area contributed by atoms with Gasteiger partial charge in [-0.15, -0.1) is 0 Å². The van der Waals surface area contributed by atoms with Crippen LogP contribution in [0.15, 0.2) is 34.9 Å². The number of nitrogens with zero attached hydrogens (tertiary/aromatic N) is 2. The summed E-state index contributed by atoms with van der Waals surface area (Å²) in [6.07, 6.45) is 1.64. The lowest BCUT2D eigenvalue weighted by Crippen LogP contribution is -2.00. The van der Waals surface area contributed by atoms with Crippen molar-refractivity contribution in [3.05, 3.63) is 51.3 Å². The van der Waals surface area contributed by atoms with E-state index in [-0.39, 0.29) is 5.28 Å². The van der Waals surface area contributed by atoms with Crippen LogP contribution in [0, 0.1) is 6.92 Å². The van der Waals surface area contributed by atoms with Crippen molar-refractivity contribution in [1.29, 1.82) is 0 Å². The van der Waals surface area contributed by atoms with Crippen LogP contribution in [-0.4, -0.2) is 9.97 Å². The maximum Gasteiger partial charge on any atom is 0.225 e. The van der Waals surface area contributed by atoms with Gasteiger partial charge < -0.3 is 4.74 Å². The molecule has 0 spiro atoms. The zero-order valence-electron chi connectivity index (χ0n) is 9.15. The Morgan fingerprint density at radius 3 is 2.88 bits per heavy atom. The van der Waals surface area contributed by atoms with E-state index in [1.54, 1.807) is 6.20 Å². The van der Waals surface area contributed by atoms with E-state index in [9.17, 15) is 0 Å². The van der Waals surface area contributed by atoms with E-state index in [0.29, 0.717) is 12.5 Å². The Kier molecular flexibility index (Phi) is 3.97. The molecule has 17 heavy (non-hydrogen) atoms. The van der Waals surface area contributed by atoms with Crippen LogP contribution < -0.4 is 4.74 Å². The third-order valence-electron chi connectivity index (χ3n) is 2.22. The SMILES string of the molecule is Cc1cnc(Cl)nc1OCc1ccccc1Br. The highest BCUT2D eigenvalue weighted by Gasteiger charge is 2.05. The fraction of sp³-hybridized carbons (Fsp3) is 0.167. The van der Waals surface area contributed by atoms with Gasteiger partial charge in [0.25, 0.3) is 0 Å². The summed E-state index contributed by atoms with van der Waals surface area (Å²) in [5.41, 5.74) is 1.92. The summed E-state index contributed by atoms with van der Waals surface area (Å²) in [5, 5.41) is 0.192. The standard InChI is InChI=1S/C12H10BrClN2O/c1-8-6-15-12(14)16-11(8)17-7-9-4-2-3-5-10(9)13/h2-6H,7H2,1H3. The van der Waals surface area contributed by atoms with Crippen molar-refractivity contribution >= 4 is 27.5 Å². The number of rotatable bonds is 3. The van der Waals surface area contributed by atoms with E-state index in [1.807, 2.05) is 31.2 Å². The second-order valence-corrected chi connectivity index (χ2v) is 4.70. The van der Waals surface area contributed by atoms with Gasteiger partial charge in [0.05, 0.1) is 0 Å². The lowest BCUT2D eigenvalue weighted by Gasteiger charge is -2.08. The van der Waals surface area contributed by atoms with Crippen molar-refractivity contribution in [3.8, 4) is 5.88 Å². The largest absolute Gasteiger partial charge is 0.472 e. The van der Waals surface area contributed by atoms with E-state index in [2.05, 4.69) is 25.9 Å². The highest BCUT2D eigenvalue weighted by molar-refractivity contribution is 9.10. The topological polar surface area (TPSA) is 35.0 Å². The zero-order chi connectivity index (χ0) is 12.3. The first-order valence-electron chi connectivity index (χ1n) is 5.02. The minimum absolute atomic E-state index is 0.192. The third-order valence-corrected chi connectivity index (χ3v) is 3.17. The Bertz CT molecular complexity index is 534. The second kappa shape index (κ2) is 5.47. The van der Waals surface area contributed by atoms with Crippen molar-refractivity contribution in [1.82, 2.24) is 9.97 Å². The molecule has 2 aromatic rings. The Labute approximate surface area is 113 Å². The summed E-state index contributed by atoms with van der Waals surface area (Å²) in [7, 11) is 0. The Balaban J connectivity index is 2.12. The molecule has 0 aliphatic carbocycles. The molecule has 1 heterocycles. The van der Waals surface area contributed by atoms with E-state index < -0.39 is 0 Å². The van der Waals surface area contributed by atoms with Gasteiger partial charge in [-0.05, 0) is 24.6 Å². The zero-order valence-corrected chi connectivity index (χ0v) is 11.5.